The summed E-state index contributed by atoms with van der Waals surface area (Å²) < 4.78 is 27.7. The van der Waals surface area contributed by atoms with Gasteiger partial charge in [-0.2, -0.15) is 5.10 Å². The maximum atomic E-state index is 13.2. The molecule has 0 aliphatic carbocycles. The third-order valence-corrected chi connectivity index (χ3v) is 5.55. The molecule has 3 heterocycles. The Balaban J connectivity index is 1.20. The summed E-state index contributed by atoms with van der Waals surface area (Å²) in [6.07, 6.45) is 4.31. The number of aromatic nitrogens is 5. The molecule has 0 saturated heterocycles. The molecular formula is C25H23FN6O3. The second kappa shape index (κ2) is 9.80. The quantitative estimate of drug-likeness (QED) is 0.330. The number of hydrogen-bond acceptors (Lipinski definition) is 6. The van der Waals surface area contributed by atoms with E-state index in [-0.39, 0.29) is 18.1 Å². The van der Waals surface area contributed by atoms with Gasteiger partial charge in [0, 0.05) is 30.8 Å². The summed E-state index contributed by atoms with van der Waals surface area (Å²) in [6.45, 7) is 0.704. The predicted octanol–water partition coefficient (Wildman–Crippen LogP) is 3.32. The van der Waals surface area contributed by atoms with Gasteiger partial charge >= 0.3 is 0 Å². The molecule has 5 aromatic rings. The van der Waals surface area contributed by atoms with Crippen LogP contribution in [0.2, 0.25) is 0 Å². The van der Waals surface area contributed by atoms with Crippen LogP contribution in [-0.4, -0.2) is 50.4 Å². The zero-order valence-corrected chi connectivity index (χ0v) is 19.0. The highest BCUT2D eigenvalue weighted by molar-refractivity contribution is 5.77. The first-order chi connectivity index (χ1) is 17.1. The number of carbonyl (C=O) groups is 1. The van der Waals surface area contributed by atoms with Gasteiger partial charge in [-0.1, -0.05) is 12.1 Å². The smallest absolute Gasteiger partial charge is 0.220 e. The molecule has 0 atom stereocenters. The summed E-state index contributed by atoms with van der Waals surface area (Å²) in [4.78, 5) is 12.3. The molecule has 0 saturated carbocycles. The van der Waals surface area contributed by atoms with Crippen molar-refractivity contribution in [1.29, 1.82) is 0 Å². The van der Waals surface area contributed by atoms with Crippen molar-refractivity contribution in [2.45, 2.75) is 12.8 Å². The van der Waals surface area contributed by atoms with Crippen molar-refractivity contribution in [2.24, 2.45) is 0 Å². The summed E-state index contributed by atoms with van der Waals surface area (Å²) >= 11 is 0. The van der Waals surface area contributed by atoms with E-state index in [0.29, 0.717) is 48.2 Å². The summed E-state index contributed by atoms with van der Waals surface area (Å²) in [7, 11) is 1.58. The highest BCUT2D eigenvalue weighted by atomic mass is 19.1. The van der Waals surface area contributed by atoms with Gasteiger partial charge in [0.15, 0.2) is 17.1 Å². The summed E-state index contributed by atoms with van der Waals surface area (Å²) in [5.74, 6) is 1.55. The molecule has 0 fully saturated rings. The summed E-state index contributed by atoms with van der Waals surface area (Å²) in [6, 6.07) is 15.4. The fourth-order valence-electron chi connectivity index (χ4n) is 3.80. The van der Waals surface area contributed by atoms with E-state index in [1.165, 1.54) is 12.1 Å². The lowest BCUT2D eigenvalue weighted by Gasteiger charge is -2.10. The number of para-hydroxylation sites is 2. The molecule has 2 aromatic carbocycles. The van der Waals surface area contributed by atoms with Crippen LogP contribution < -0.4 is 14.8 Å². The minimum atomic E-state index is -0.296. The first-order valence-corrected chi connectivity index (χ1v) is 11.1. The van der Waals surface area contributed by atoms with Crippen molar-refractivity contribution < 1.29 is 18.7 Å². The average Bonchev–Trinajstić information content (AvgIpc) is 3.50. The van der Waals surface area contributed by atoms with Crippen molar-refractivity contribution >= 4 is 17.1 Å². The second-order valence-corrected chi connectivity index (χ2v) is 7.82. The Morgan fingerprint density at radius 1 is 1.06 bits per heavy atom. The van der Waals surface area contributed by atoms with Crippen LogP contribution in [-0.2, 0) is 11.2 Å². The maximum absolute atomic E-state index is 13.2. The lowest BCUT2D eigenvalue weighted by Crippen LogP contribution is -2.28. The summed E-state index contributed by atoms with van der Waals surface area (Å²) in [5, 5.41) is 16.0. The van der Waals surface area contributed by atoms with Crippen molar-refractivity contribution in [3.05, 3.63) is 78.6 Å². The largest absolute Gasteiger partial charge is 0.493 e. The normalized spacial score (nSPS) is 11.1. The molecule has 3 aromatic heterocycles. The molecule has 10 heteroatoms. The van der Waals surface area contributed by atoms with Crippen molar-refractivity contribution in [1.82, 2.24) is 29.5 Å². The number of ether oxygens (including phenoxy) is 2. The Bertz CT molecular complexity index is 1480. The maximum Gasteiger partial charge on any atom is 0.220 e. The number of halogens is 1. The van der Waals surface area contributed by atoms with Crippen LogP contribution in [0.5, 0.6) is 11.5 Å². The van der Waals surface area contributed by atoms with Crippen LogP contribution in [0.15, 0.2) is 67.0 Å². The number of nitrogens with one attached hydrogen (secondary N) is 1. The molecule has 9 nitrogen and oxygen atoms in total. The molecule has 35 heavy (non-hydrogen) atoms. The van der Waals surface area contributed by atoms with Gasteiger partial charge in [0.05, 0.1) is 19.3 Å². The lowest BCUT2D eigenvalue weighted by molar-refractivity contribution is -0.121. The van der Waals surface area contributed by atoms with E-state index in [9.17, 15) is 9.18 Å². The Morgan fingerprint density at radius 2 is 1.86 bits per heavy atom. The fourth-order valence-corrected chi connectivity index (χ4v) is 3.80. The minimum Gasteiger partial charge on any atom is -0.493 e. The number of methoxy groups -OCH3 is 1. The van der Waals surface area contributed by atoms with Crippen LogP contribution >= 0.6 is 0 Å². The molecule has 0 aliphatic heterocycles. The van der Waals surface area contributed by atoms with Gasteiger partial charge in [-0.15, -0.1) is 10.2 Å². The van der Waals surface area contributed by atoms with Gasteiger partial charge in [-0.25, -0.2) is 8.91 Å². The number of hydrogen-bond donors (Lipinski definition) is 1. The average molecular weight is 474 g/mol. The van der Waals surface area contributed by atoms with Gasteiger partial charge in [0.25, 0.3) is 0 Å². The first kappa shape index (κ1) is 22.3. The van der Waals surface area contributed by atoms with Gasteiger partial charge in [0.2, 0.25) is 5.91 Å². The molecule has 1 N–H and O–H groups in total. The summed E-state index contributed by atoms with van der Waals surface area (Å²) in [5.41, 5.74) is 2.91. The van der Waals surface area contributed by atoms with Crippen LogP contribution in [0.4, 0.5) is 4.39 Å². The Morgan fingerprint density at radius 3 is 2.66 bits per heavy atom. The third-order valence-electron chi connectivity index (χ3n) is 5.55. The van der Waals surface area contributed by atoms with Gasteiger partial charge in [-0.3, -0.25) is 9.20 Å². The molecule has 0 bridgehead atoms. The number of aryl methyl sites for hydroxylation is 1. The van der Waals surface area contributed by atoms with E-state index in [2.05, 4.69) is 20.6 Å². The Labute approximate surface area is 200 Å². The number of carbonyl (C=O) groups excluding carboxylic acids is 1. The topological polar surface area (TPSA) is 95.0 Å². The third kappa shape index (κ3) is 4.77. The first-order valence-electron chi connectivity index (χ1n) is 11.1. The van der Waals surface area contributed by atoms with E-state index >= 15 is 0 Å². The zero-order chi connectivity index (χ0) is 24.2. The number of fused-ring (bicyclic) bond motifs is 3. The highest BCUT2D eigenvalue weighted by Crippen LogP contribution is 2.25. The Hall–Kier alpha value is -4.47. The molecular weight excluding hydrogens is 451 g/mol. The fraction of sp³-hybridized carbons (Fsp3) is 0.200. The van der Waals surface area contributed by atoms with Gasteiger partial charge in [-0.05, 0) is 42.5 Å². The monoisotopic (exact) mass is 474 g/mol. The number of rotatable bonds is 9. The van der Waals surface area contributed by atoms with E-state index in [1.54, 1.807) is 30.0 Å². The zero-order valence-electron chi connectivity index (χ0n) is 19.0. The van der Waals surface area contributed by atoms with E-state index < -0.39 is 0 Å². The van der Waals surface area contributed by atoms with E-state index in [1.807, 2.05) is 40.9 Å². The van der Waals surface area contributed by atoms with E-state index in [0.717, 1.165) is 11.1 Å². The van der Waals surface area contributed by atoms with Crippen molar-refractivity contribution in [2.75, 3.05) is 20.3 Å². The lowest BCUT2D eigenvalue weighted by atomic mass is 10.1. The number of amides is 1. The molecule has 178 valence electrons. The SMILES string of the molecule is COc1ccccc1OCCNC(=O)CCc1nnc2c3cc(-c4ccc(F)cc4)nn3ccn12. The van der Waals surface area contributed by atoms with E-state index in [4.69, 9.17) is 9.47 Å². The van der Waals surface area contributed by atoms with Gasteiger partial charge in [0.1, 0.15) is 23.8 Å². The molecule has 0 unspecified atom stereocenters. The van der Waals surface area contributed by atoms with Crippen LogP contribution in [0, 0.1) is 5.82 Å². The van der Waals surface area contributed by atoms with Crippen LogP contribution in [0.25, 0.3) is 22.4 Å². The standard InChI is InChI=1S/C25H23FN6O3/c1-34-21-4-2-3-5-22(21)35-15-12-27-24(33)11-10-23-28-29-25-20-16-19(17-6-8-18(26)9-7-17)30-32(20)14-13-31(23)25/h2-9,13-14,16H,10-12,15H2,1H3,(H,27,33). The molecule has 5 rings (SSSR count). The second-order valence-electron chi connectivity index (χ2n) is 7.82. The van der Waals surface area contributed by atoms with Crippen LogP contribution in [0.1, 0.15) is 12.2 Å². The molecule has 0 spiro atoms. The Kier molecular flexibility index (Phi) is 6.25. The molecule has 1 amide bonds. The van der Waals surface area contributed by atoms with Gasteiger partial charge < -0.3 is 14.8 Å². The predicted molar refractivity (Wildman–Crippen MR) is 127 cm³/mol. The number of benzene rings is 2. The highest BCUT2D eigenvalue weighted by Gasteiger charge is 2.14. The molecule has 0 aliphatic rings. The minimum absolute atomic E-state index is 0.102. The van der Waals surface area contributed by atoms with Crippen molar-refractivity contribution in [3.63, 3.8) is 0 Å². The molecule has 0 radical (unpaired) electrons. The van der Waals surface area contributed by atoms with Crippen molar-refractivity contribution in [3.8, 4) is 22.8 Å². The van der Waals surface area contributed by atoms with Crippen LogP contribution in [0.3, 0.4) is 0 Å². The number of nitrogens with zero attached hydrogens (tertiary/aromatic N) is 5.